The van der Waals surface area contributed by atoms with E-state index in [9.17, 15) is 0 Å². The van der Waals surface area contributed by atoms with Gasteiger partial charge in [0.2, 0.25) is 5.89 Å². The van der Waals surface area contributed by atoms with Crippen LogP contribution in [-0.2, 0) is 0 Å². The standard InChI is InChI=1S/C13H7BrCl2N2O/c14-6-1-2-8(15)7(3-6)13-18-11-4-9(16)10(17)5-12(11)19-13/h1-5H,17H2. The molecule has 0 saturated carbocycles. The van der Waals surface area contributed by atoms with Crippen LogP contribution in [0.3, 0.4) is 0 Å². The number of oxazole rings is 1. The van der Waals surface area contributed by atoms with E-state index in [4.69, 9.17) is 33.4 Å². The first-order chi connectivity index (χ1) is 9.04. The van der Waals surface area contributed by atoms with E-state index < -0.39 is 0 Å². The predicted octanol–water partition coefficient (Wildman–Crippen LogP) is 5.15. The lowest BCUT2D eigenvalue weighted by Gasteiger charge is -1.99. The molecule has 0 spiro atoms. The molecule has 0 unspecified atom stereocenters. The van der Waals surface area contributed by atoms with Crippen LogP contribution >= 0.6 is 39.1 Å². The molecule has 2 N–H and O–H groups in total. The van der Waals surface area contributed by atoms with E-state index in [1.54, 1.807) is 18.2 Å². The van der Waals surface area contributed by atoms with E-state index >= 15 is 0 Å². The Hall–Kier alpha value is -1.23. The van der Waals surface area contributed by atoms with Gasteiger partial charge in [-0.05, 0) is 24.3 Å². The van der Waals surface area contributed by atoms with Crippen molar-refractivity contribution in [3.8, 4) is 11.5 Å². The lowest BCUT2D eigenvalue weighted by atomic mass is 10.2. The third kappa shape index (κ3) is 2.31. The number of nitrogen functional groups attached to an aromatic ring is 1. The highest BCUT2D eigenvalue weighted by atomic mass is 79.9. The second kappa shape index (κ2) is 4.71. The van der Waals surface area contributed by atoms with Crippen LogP contribution in [0.25, 0.3) is 22.6 Å². The predicted molar refractivity (Wildman–Crippen MR) is 81.6 cm³/mol. The SMILES string of the molecule is Nc1cc2oc(-c3cc(Br)ccc3Cl)nc2cc1Cl. The molecule has 0 bridgehead atoms. The average Bonchev–Trinajstić information content (AvgIpc) is 2.75. The van der Waals surface area contributed by atoms with Crippen LogP contribution in [0.1, 0.15) is 0 Å². The number of nitrogens with two attached hydrogens (primary N) is 1. The van der Waals surface area contributed by atoms with Gasteiger partial charge in [-0.15, -0.1) is 0 Å². The summed E-state index contributed by atoms with van der Waals surface area (Å²) in [5, 5.41) is 1.02. The molecule has 1 aromatic heterocycles. The molecule has 0 fully saturated rings. The van der Waals surface area contributed by atoms with Gasteiger partial charge in [0.05, 0.1) is 21.3 Å². The Kier molecular flexibility index (Phi) is 3.17. The van der Waals surface area contributed by atoms with Gasteiger partial charge in [0.25, 0.3) is 0 Å². The quantitative estimate of drug-likeness (QED) is 0.613. The van der Waals surface area contributed by atoms with Crippen LogP contribution in [0.4, 0.5) is 5.69 Å². The molecule has 3 rings (SSSR count). The lowest BCUT2D eigenvalue weighted by Crippen LogP contribution is -1.84. The molecule has 0 aliphatic carbocycles. The maximum Gasteiger partial charge on any atom is 0.228 e. The van der Waals surface area contributed by atoms with Crippen molar-refractivity contribution in [1.29, 1.82) is 0 Å². The molecule has 1 heterocycles. The molecule has 0 amide bonds. The van der Waals surface area contributed by atoms with Crippen molar-refractivity contribution in [2.75, 3.05) is 5.73 Å². The Morgan fingerprint density at radius 1 is 1.11 bits per heavy atom. The van der Waals surface area contributed by atoms with Crippen molar-refractivity contribution in [2.24, 2.45) is 0 Å². The van der Waals surface area contributed by atoms with E-state index in [-0.39, 0.29) is 0 Å². The van der Waals surface area contributed by atoms with E-state index in [0.717, 1.165) is 4.47 Å². The number of rotatable bonds is 1. The second-order valence-corrected chi connectivity index (χ2v) is 5.71. The maximum absolute atomic E-state index is 6.15. The topological polar surface area (TPSA) is 52.0 Å². The average molecular weight is 358 g/mol. The summed E-state index contributed by atoms with van der Waals surface area (Å²) in [6.45, 7) is 0. The molecule has 0 radical (unpaired) electrons. The van der Waals surface area contributed by atoms with Gasteiger partial charge in [0.15, 0.2) is 5.58 Å². The van der Waals surface area contributed by atoms with Crippen molar-refractivity contribution < 1.29 is 4.42 Å². The van der Waals surface area contributed by atoms with Crippen LogP contribution in [0.15, 0.2) is 39.2 Å². The summed E-state index contributed by atoms with van der Waals surface area (Å²) in [7, 11) is 0. The number of hydrogen-bond donors (Lipinski definition) is 1. The van der Waals surface area contributed by atoms with Crippen molar-refractivity contribution in [3.63, 3.8) is 0 Å². The highest BCUT2D eigenvalue weighted by Gasteiger charge is 2.13. The molecule has 96 valence electrons. The molecule has 3 aromatic rings. The van der Waals surface area contributed by atoms with Crippen molar-refractivity contribution in [2.45, 2.75) is 0 Å². The normalized spacial score (nSPS) is 11.1. The Balaban J connectivity index is 2.23. The van der Waals surface area contributed by atoms with E-state index in [0.29, 0.717) is 38.3 Å². The molecule has 2 aromatic carbocycles. The van der Waals surface area contributed by atoms with Crippen LogP contribution in [-0.4, -0.2) is 4.98 Å². The highest BCUT2D eigenvalue weighted by Crippen LogP contribution is 2.34. The second-order valence-electron chi connectivity index (χ2n) is 3.98. The number of nitrogens with zero attached hydrogens (tertiary/aromatic N) is 1. The highest BCUT2D eigenvalue weighted by molar-refractivity contribution is 9.10. The minimum Gasteiger partial charge on any atom is -0.436 e. The third-order valence-corrected chi connectivity index (χ3v) is 3.82. The number of fused-ring (bicyclic) bond motifs is 1. The molecule has 6 heteroatoms. The first kappa shape index (κ1) is 12.8. The Morgan fingerprint density at radius 3 is 2.68 bits per heavy atom. The molecule has 3 nitrogen and oxygen atoms in total. The van der Waals surface area contributed by atoms with Crippen LogP contribution < -0.4 is 5.73 Å². The summed E-state index contributed by atoms with van der Waals surface area (Å²) in [5.41, 5.74) is 8.12. The largest absolute Gasteiger partial charge is 0.436 e. The van der Waals surface area contributed by atoms with Crippen LogP contribution in [0, 0.1) is 0 Å². The van der Waals surface area contributed by atoms with Gasteiger partial charge in [-0.2, -0.15) is 0 Å². The smallest absolute Gasteiger partial charge is 0.228 e. The molecular formula is C13H7BrCl2N2O. The summed E-state index contributed by atoms with van der Waals surface area (Å²) in [5.74, 6) is 0.433. The van der Waals surface area contributed by atoms with E-state index in [1.165, 1.54) is 0 Å². The Morgan fingerprint density at radius 2 is 1.89 bits per heavy atom. The van der Waals surface area contributed by atoms with Gasteiger partial charge in [-0.3, -0.25) is 0 Å². The minimum absolute atomic E-state index is 0.433. The van der Waals surface area contributed by atoms with Gasteiger partial charge >= 0.3 is 0 Å². The maximum atomic E-state index is 6.15. The van der Waals surface area contributed by atoms with Crippen molar-refractivity contribution in [1.82, 2.24) is 4.98 Å². The summed E-state index contributed by atoms with van der Waals surface area (Å²) in [4.78, 5) is 4.37. The monoisotopic (exact) mass is 356 g/mol. The zero-order chi connectivity index (χ0) is 13.6. The van der Waals surface area contributed by atoms with Crippen molar-refractivity contribution >= 4 is 55.9 Å². The zero-order valence-corrected chi connectivity index (χ0v) is 12.6. The minimum atomic E-state index is 0.433. The van der Waals surface area contributed by atoms with Crippen LogP contribution in [0.5, 0.6) is 0 Å². The Labute approximate surface area is 127 Å². The van der Waals surface area contributed by atoms with Gasteiger partial charge in [0, 0.05) is 10.5 Å². The fraction of sp³-hybridized carbons (Fsp3) is 0. The Bertz CT molecular complexity index is 747. The van der Waals surface area contributed by atoms with E-state index in [1.807, 2.05) is 12.1 Å². The molecule has 19 heavy (non-hydrogen) atoms. The summed E-state index contributed by atoms with van der Waals surface area (Å²) in [6, 6.07) is 8.80. The number of benzene rings is 2. The number of hydrogen-bond acceptors (Lipinski definition) is 3. The third-order valence-electron chi connectivity index (χ3n) is 2.67. The summed E-state index contributed by atoms with van der Waals surface area (Å²) in [6.07, 6.45) is 0. The first-order valence-corrected chi connectivity index (χ1v) is 6.90. The van der Waals surface area contributed by atoms with Gasteiger partial charge in [-0.25, -0.2) is 4.98 Å². The number of aromatic nitrogens is 1. The molecule has 0 aliphatic rings. The van der Waals surface area contributed by atoms with E-state index in [2.05, 4.69) is 20.9 Å². The number of halogens is 3. The zero-order valence-electron chi connectivity index (χ0n) is 9.45. The van der Waals surface area contributed by atoms with Gasteiger partial charge < -0.3 is 10.2 Å². The van der Waals surface area contributed by atoms with Crippen molar-refractivity contribution in [3.05, 3.63) is 44.8 Å². The van der Waals surface area contributed by atoms with Gasteiger partial charge in [0.1, 0.15) is 5.52 Å². The summed E-state index contributed by atoms with van der Waals surface area (Å²) >= 11 is 15.5. The molecule has 0 aliphatic heterocycles. The van der Waals surface area contributed by atoms with Gasteiger partial charge in [-0.1, -0.05) is 39.1 Å². The van der Waals surface area contributed by atoms with Crippen LogP contribution in [0.2, 0.25) is 10.0 Å². The summed E-state index contributed by atoms with van der Waals surface area (Å²) < 4.78 is 6.57. The lowest BCUT2D eigenvalue weighted by molar-refractivity contribution is 0.620. The molecule has 0 atom stereocenters. The molecular weight excluding hydrogens is 351 g/mol. The molecule has 0 saturated heterocycles. The first-order valence-electron chi connectivity index (χ1n) is 5.35. The fourth-order valence-electron chi connectivity index (χ4n) is 1.74. The fourth-order valence-corrected chi connectivity index (χ4v) is 2.46. The number of anilines is 1.